The molecule has 6 nitrogen and oxygen atoms in total. The van der Waals surface area contributed by atoms with Gasteiger partial charge < -0.3 is 4.90 Å². The Kier molecular flexibility index (Phi) is 4.05. The molecule has 0 aliphatic carbocycles. The van der Waals surface area contributed by atoms with Gasteiger partial charge >= 0.3 is 0 Å². The van der Waals surface area contributed by atoms with Crippen LogP contribution >= 0.6 is 11.3 Å². The summed E-state index contributed by atoms with van der Waals surface area (Å²) in [6.45, 7) is 0.627. The lowest BCUT2D eigenvalue weighted by Gasteiger charge is -2.35. The Morgan fingerprint density at radius 2 is 2.27 bits per heavy atom. The number of nitrogens with zero attached hydrogens (tertiary/aromatic N) is 2. The van der Waals surface area contributed by atoms with E-state index in [1.807, 2.05) is 10.8 Å². The second-order valence-electron chi connectivity index (χ2n) is 5.44. The summed E-state index contributed by atoms with van der Waals surface area (Å²) in [6, 6.07) is 1.52. The molecule has 1 saturated heterocycles. The van der Waals surface area contributed by atoms with E-state index in [0.717, 1.165) is 25.5 Å². The van der Waals surface area contributed by atoms with E-state index >= 15 is 0 Å². The minimum absolute atomic E-state index is 0.0556. The van der Waals surface area contributed by atoms with Gasteiger partial charge in [-0.15, -0.1) is 0 Å². The van der Waals surface area contributed by atoms with Gasteiger partial charge in [0.05, 0.1) is 23.5 Å². The standard InChI is InChI=1S/C14H17N3O3S2/c1-22(19,20)12-8-15-16-13(12)11-4-2-3-6-17(11)14(18)10-5-7-21-9-10/h5,7-9,11H,2-4,6H2,1H3,(H,15,16)/t11-/m0/s1. The summed E-state index contributed by atoms with van der Waals surface area (Å²) in [5.41, 5.74) is 1.17. The average molecular weight is 339 g/mol. The molecule has 0 saturated carbocycles. The molecule has 2 aromatic rings. The van der Waals surface area contributed by atoms with Crippen LogP contribution < -0.4 is 0 Å². The molecule has 0 unspecified atom stereocenters. The lowest BCUT2D eigenvalue weighted by Crippen LogP contribution is -2.39. The fourth-order valence-electron chi connectivity index (χ4n) is 2.85. The van der Waals surface area contributed by atoms with Crippen molar-refractivity contribution in [1.29, 1.82) is 0 Å². The highest BCUT2D eigenvalue weighted by molar-refractivity contribution is 7.90. The fourth-order valence-corrected chi connectivity index (χ4v) is 4.30. The summed E-state index contributed by atoms with van der Waals surface area (Å²) in [6.07, 6.45) is 5.11. The number of H-pyrrole nitrogens is 1. The van der Waals surface area contributed by atoms with Crippen LogP contribution in [0.2, 0.25) is 0 Å². The molecule has 1 fully saturated rings. The van der Waals surface area contributed by atoms with E-state index in [1.165, 1.54) is 17.5 Å². The zero-order chi connectivity index (χ0) is 15.7. The number of sulfone groups is 1. The maximum Gasteiger partial charge on any atom is 0.255 e. The highest BCUT2D eigenvalue weighted by Gasteiger charge is 2.33. The molecule has 1 atom stereocenters. The average Bonchev–Trinajstić information content (AvgIpc) is 3.17. The summed E-state index contributed by atoms with van der Waals surface area (Å²) < 4.78 is 23.8. The van der Waals surface area contributed by atoms with E-state index < -0.39 is 9.84 Å². The van der Waals surface area contributed by atoms with E-state index in [2.05, 4.69) is 10.2 Å². The first-order chi connectivity index (χ1) is 10.5. The molecule has 3 rings (SSSR count). The van der Waals surface area contributed by atoms with Crippen LogP contribution in [0.5, 0.6) is 0 Å². The van der Waals surface area contributed by atoms with E-state index in [0.29, 0.717) is 17.8 Å². The van der Waals surface area contributed by atoms with Crippen molar-refractivity contribution in [2.45, 2.75) is 30.2 Å². The second-order valence-corrected chi connectivity index (χ2v) is 8.21. The topological polar surface area (TPSA) is 83.1 Å². The molecule has 1 N–H and O–H groups in total. The number of aromatic amines is 1. The van der Waals surface area contributed by atoms with Crippen LogP contribution in [0.15, 0.2) is 27.9 Å². The predicted octanol–water partition coefficient (Wildman–Crippen LogP) is 2.24. The van der Waals surface area contributed by atoms with E-state index in [9.17, 15) is 13.2 Å². The number of likely N-dealkylation sites (tertiary alicyclic amines) is 1. The predicted molar refractivity (Wildman–Crippen MR) is 83.6 cm³/mol. The third-order valence-corrected chi connectivity index (χ3v) is 5.70. The molecule has 0 radical (unpaired) electrons. The largest absolute Gasteiger partial charge is 0.330 e. The lowest BCUT2D eigenvalue weighted by molar-refractivity contribution is 0.0603. The Balaban J connectivity index is 1.97. The molecule has 118 valence electrons. The Morgan fingerprint density at radius 3 is 2.95 bits per heavy atom. The van der Waals surface area contributed by atoms with Crippen molar-refractivity contribution in [3.8, 4) is 0 Å². The summed E-state index contributed by atoms with van der Waals surface area (Å²) in [5, 5.41) is 10.4. The van der Waals surface area contributed by atoms with Gasteiger partial charge in [-0.3, -0.25) is 9.89 Å². The molecule has 0 bridgehead atoms. The van der Waals surface area contributed by atoms with Crippen molar-refractivity contribution in [1.82, 2.24) is 15.1 Å². The van der Waals surface area contributed by atoms with Crippen LogP contribution in [0.4, 0.5) is 0 Å². The SMILES string of the molecule is CS(=O)(=O)c1cn[nH]c1[C@@H]1CCCCN1C(=O)c1ccsc1. The number of piperidine rings is 1. The molecule has 2 aromatic heterocycles. The number of rotatable bonds is 3. The number of carbonyl (C=O) groups is 1. The molecule has 0 aromatic carbocycles. The van der Waals surface area contributed by atoms with E-state index in [-0.39, 0.29) is 16.8 Å². The first kappa shape index (κ1) is 15.2. The lowest BCUT2D eigenvalue weighted by atomic mass is 9.98. The summed E-state index contributed by atoms with van der Waals surface area (Å²) >= 11 is 1.47. The summed E-state index contributed by atoms with van der Waals surface area (Å²) in [7, 11) is -3.37. The normalized spacial score (nSPS) is 19.3. The van der Waals surface area contributed by atoms with Crippen molar-refractivity contribution < 1.29 is 13.2 Å². The third-order valence-electron chi connectivity index (χ3n) is 3.90. The van der Waals surface area contributed by atoms with E-state index in [4.69, 9.17) is 0 Å². The van der Waals surface area contributed by atoms with Crippen LogP contribution in [-0.4, -0.2) is 42.2 Å². The minimum Gasteiger partial charge on any atom is -0.330 e. The van der Waals surface area contributed by atoms with Crippen LogP contribution in [0.3, 0.4) is 0 Å². The summed E-state index contributed by atoms with van der Waals surface area (Å²) in [5.74, 6) is -0.0556. The number of hydrogen-bond acceptors (Lipinski definition) is 5. The van der Waals surface area contributed by atoms with E-state index in [1.54, 1.807) is 11.0 Å². The summed E-state index contributed by atoms with van der Waals surface area (Å²) in [4.78, 5) is 14.6. The number of amides is 1. The van der Waals surface area contributed by atoms with Crippen LogP contribution in [0.1, 0.15) is 41.4 Å². The Bertz CT molecular complexity index is 765. The zero-order valence-electron chi connectivity index (χ0n) is 12.2. The molecule has 1 amide bonds. The molecule has 1 aliphatic heterocycles. The number of hydrogen-bond donors (Lipinski definition) is 1. The Morgan fingerprint density at radius 1 is 1.45 bits per heavy atom. The van der Waals surface area contributed by atoms with Crippen molar-refractivity contribution in [3.63, 3.8) is 0 Å². The fraction of sp³-hybridized carbons (Fsp3) is 0.429. The third kappa shape index (κ3) is 2.80. The maximum atomic E-state index is 12.7. The van der Waals surface area contributed by atoms with Gasteiger partial charge in [0.1, 0.15) is 4.90 Å². The number of aromatic nitrogens is 2. The second kappa shape index (κ2) is 5.85. The highest BCUT2D eigenvalue weighted by atomic mass is 32.2. The zero-order valence-corrected chi connectivity index (χ0v) is 13.8. The highest BCUT2D eigenvalue weighted by Crippen LogP contribution is 2.34. The molecule has 1 aliphatic rings. The monoisotopic (exact) mass is 339 g/mol. The molecule has 3 heterocycles. The van der Waals surface area contributed by atoms with Gasteiger partial charge in [-0.05, 0) is 30.7 Å². The first-order valence-electron chi connectivity index (χ1n) is 7.05. The van der Waals surface area contributed by atoms with Crippen LogP contribution in [0, 0.1) is 0 Å². The quantitative estimate of drug-likeness (QED) is 0.929. The van der Waals surface area contributed by atoms with Crippen LogP contribution in [-0.2, 0) is 9.84 Å². The van der Waals surface area contributed by atoms with Gasteiger partial charge in [-0.1, -0.05) is 0 Å². The minimum atomic E-state index is -3.37. The molecular weight excluding hydrogens is 322 g/mol. The van der Waals surface area contributed by atoms with Gasteiger partial charge in [0.25, 0.3) is 5.91 Å². The molecule has 22 heavy (non-hydrogen) atoms. The first-order valence-corrected chi connectivity index (χ1v) is 9.88. The van der Waals surface area contributed by atoms with Crippen LogP contribution in [0.25, 0.3) is 0 Å². The Labute approximate surface area is 133 Å². The number of thiophene rings is 1. The number of nitrogens with one attached hydrogen (secondary N) is 1. The van der Waals surface area contributed by atoms with Gasteiger partial charge in [-0.2, -0.15) is 16.4 Å². The van der Waals surface area contributed by atoms with Gasteiger partial charge in [0.2, 0.25) is 0 Å². The molecular formula is C14H17N3O3S2. The van der Waals surface area contributed by atoms with Gasteiger partial charge in [-0.25, -0.2) is 8.42 Å². The van der Waals surface area contributed by atoms with Crippen molar-refractivity contribution >= 4 is 27.1 Å². The van der Waals surface area contributed by atoms with Crippen molar-refractivity contribution in [2.75, 3.05) is 12.8 Å². The smallest absolute Gasteiger partial charge is 0.255 e. The van der Waals surface area contributed by atoms with Crippen molar-refractivity contribution in [3.05, 3.63) is 34.3 Å². The number of carbonyl (C=O) groups excluding carboxylic acids is 1. The molecule has 0 spiro atoms. The maximum absolute atomic E-state index is 12.7. The van der Waals surface area contributed by atoms with Gasteiger partial charge in [0, 0.05) is 18.2 Å². The van der Waals surface area contributed by atoms with Gasteiger partial charge in [0.15, 0.2) is 9.84 Å². The molecule has 8 heteroatoms. The Hall–Kier alpha value is -1.67. The van der Waals surface area contributed by atoms with Crippen molar-refractivity contribution in [2.24, 2.45) is 0 Å².